The van der Waals surface area contributed by atoms with E-state index in [0.29, 0.717) is 25.9 Å². The highest BCUT2D eigenvalue weighted by Gasteiger charge is 2.42. The number of hydrogen-bond acceptors (Lipinski definition) is 4. The molecule has 4 rings (SSSR count). The van der Waals surface area contributed by atoms with Crippen LogP contribution in [0.2, 0.25) is 0 Å². The number of nitrogens with zero attached hydrogens (tertiary/aromatic N) is 3. The maximum absolute atomic E-state index is 15.1. The minimum atomic E-state index is -4.93. The Labute approximate surface area is 169 Å². The fourth-order valence-electron chi connectivity index (χ4n) is 4.14. The molecule has 0 bridgehead atoms. The number of pyridine rings is 1. The smallest absolute Gasteiger partial charge is 0.420 e. The largest absolute Gasteiger partial charge is 0.477 e. The van der Waals surface area contributed by atoms with Gasteiger partial charge in [-0.25, -0.2) is 9.18 Å². The number of carboxylic acid groups (broad SMARTS) is 1. The van der Waals surface area contributed by atoms with E-state index in [9.17, 15) is 27.9 Å². The molecule has 6 nitrogen and oxygen atoms in total. The number of aromatic carboxylic acids is 1. The lowest BCUT2D eigenvalue weighted by Crippen LogP contribution is -2.47. The Kier molecular flexibility index (Phi) is 5.00. The van der Waals surface area contributed by atoms with Crippen molar-refractivity contribution in [2.24, 2.45) is 0 Å². The molecule has 0 amide bonds. The molecule has 162 valence electrons. The van der Waals surface area contributed by atoms with Gasteiger partial charge in [-0.2, -0.15) is 13.2 Å². The number of aromatic nitrogens is 1. The number of benzene rings is 1. The van der Waals surface area contributed by atoms with Crippen molar-refractivity contribution in [1.29, 1.82) is 0 Å². The molecule has 1 N–H and O–H groups in total. The molecule has 1 saturated carbocycles. The van der Waals surface area contributed by atoms with E-state index in [0.717, 1.165) is 18.8 Å². The van der Waals surface area contributed by atoms with E-state index in [2.05, 4.69) is 4.90 Å². The van der Waals surface area contributed by atoms with Crippen LogP contribution >= 0.6 is 0 Å². The zero-order chi connectivity index (χ0) is 21.8. The molecule has 0 radical (unpaired) electrons. The molecule has 2 fully saturated rings. The monoisotopic (exact) mass is 427 g/mol. The van der Waals surface area contributed by atoms with Crippen molar-refractivity contribution in [3.8, 4) is 0 Å². The molecular weight excluding hydrogens is 406 g/mol. The standard InChI is InChI=1S/C20H21F4N3O3/c1-2-25-5-7-26(8-6-25)17-14(21)9-12-16(15(17)20(22,23)24)27(11-3-4-11)10-13(18(12)28)19(29)30/h9-11H,2-8H2,1H3,(H,29,30). The molecule has 1 aromatic heterocycles. The van der Waals surface area contributed by atoms with Crippen LogP contribution in [0.1, 0.15) is 41.7 Å². The van der Waals surface area contributed by atoms with Crippen LogP contribution in [0.5, 0.6) is 0 Å². The Morgan fingerprint density at radius 3 is 2.33 bits per heavy atom. The van der Waals surface area contributed by atoms with Gasteiger partial charge in [0.05, 0.1) is 16.6 Å². The van der Waals surface area contributed by atoms with Crippen LogP contribution in [0, 0.1) is 5.82 Å². The molecule has 2 aliphatic rings. The van der Waals surface area contributed by atoms with Crippen LogP contribution in [0.3, 0.4) is 0 Å². The van der Waals surface area contributed by atoms with E-state index in [4.69, 9.17) is 0 Å². The number of hydrogen-bond donors (Lipinski definition) is 1. The van der Waals surface area contributed by atoms with Crippen LogP contribution < -0.4 is 10.3 Å². The van der Waals surface area contributed by atoms with Gasteiger partial charge in [-0.1, -0.05) is 6.92 Å². The third-order valence-corrected chi connectivity index (χ3v) is 5.83. The van der Waals surface area contributed by atoms with Gasteiger partial charge in [0.1, 0.15) is 16.9 Å². The second kappa shape index (κ2) is 7.26. The number of likely N-dealkylation sites (N-methyl/N-ethyl adjacent to an activating group) is 1. The van der Waals surface area contributed by atoms with Crippen LogP contribution in [0.15, 0.2) is 17.1 Å². The third-order valence-electron chi connectivity index (χ3n) is 5.83. The highest BCUT2D eigenvalue weighted by Crippen LogP contribution is 2.46. The van der Waals surface area contributed by atoms with Crippen molar-refractivity contribution in [2.45, 2.75) is 32.0 Å². The Morgan fingerprint density at radius 1 is 1.20 bits per heavy atom. The number of rotatable bonds is 4. The average Bonchev–Trinajstić information content (AvgIpc) is 3.52. The lowest BCUT2D eigenvalue weighted by Gasteiger charge is -2.37. The Hall–Kier alpha value is -2.62. The number of piperazine rings is 1. The van der Waals surface area contributed by atoms with Gasteiger partial charge in [0.25, 0.3) is 0 Å². The summed E-state index contributed by atoms with van der Waals surface area (Å²) in [6, 6.07) is 0.419. The minimum absolute atomic E-state index is 0.222. The van der Waals surface area contributed by atoms with Gasteiger partial charge in [0.15, 0.2) is 0 Å². The molecule has 10 heteroatoms. The number of carboxylic acids is 1. The number of halogens is 4. The van der Waals surface area contributed by atoms with Gasteiger partial charge < -0.3 is 19.5 Å². The van der Waals surface area contributed by atoms with Crippen LogP contribution in [0.4, 0.5) is 23.2 Å². The van der Waals surface area contributed by atoms with E-state index in [-0.39, 0.29) is 19.1 Å². The lowest BCUT2D eigenvalue weighted by atomic mass is 10.0. The minimum Gasteiger partial charge on any atom is -0.477 e. The third kappa shape index (κ3) is 3.42. The Morgan fingerprint density at radius 2 is 1.83 bits per heavy atom. The van der Waals surface area contributed by atoms with Crippen LogP contribution in [-0.2, 0) is 6.18 Å². The lowest BCUT2D eigenvalue weighted by molar-refractivity contribution is -0.136. The summed E-state index contributed by atoms with van der Waals surface area (Å²) in [7, 11) is 0. The summed E-state index contributed by atoms with van der Waals surface area (Å²) in [5, 5.41) is 8.76. The first-order chi connectivity index (χ1) is 14.1. The van der Waals surface area contributed by atoms with Crippen molar-refractivity contribution in [3.63, 3.8) is 0 Å². The van der Waals surface area contributed by atoms with Gasteiger partial charge in [-0.3, -0.25) is 4.79 Å². The summed E-state index contributed by atoms with van der Waals surface area (Å²) in [5.74, 6) is -2.72. The average molecular weight is 427 g/mol. The number of carbonyl (C=O) groups is 1. The molecule has 1 aliphatic heterocycles. The molecule has 1 aliphatic carbocycles. The zero-order valence-electron chi connectivity index (χ0n) is 16.3. The quantitative estimate of drug-likeness (QED) is 0.759. The van der Waals surface area contributed by atoms with Gasteiger partial charge in [-0.15, -0.1) is 0 Å². The summed E-state index contributed by atoms with van der Waals surface area (Å²) in [6.07, 6.45) is -2.82. The van der Waals surface area contributed by atoms with E-state index in [1.165, 1.54) is 9.47 Å². The Bertz CT molecular complexity index is 1070. The predicted molar refractivity (Wildman–Crippen MR) is 103 cm³/mol. The topological polar surface area (TPSA) is 65.8 Å². The van der Waals surface area contributed by atoms with E-state index in [1.54, 1.807) is 0 Å². The van der Waals surface area contributed by atoms with Crippen LogP contribution in [-0.4, -0.2) is 53.3 Å². The molecule has 0 atom stereocenters. The fourth-order valence-corrected chi connectivity index (χ4v) is 4.14. The first-order valence-corrected chi connectivity index (χ1v) is 9.82. The summed E-state index contributed by atoms with van der Waals surface area (Å²) >= 11 is 0. The fraction of sp³-hybridized carbons (Fsp3) is 0.500. The van der Waals surface area contributed by atoms with E-state index in [1.807, 2.05) is 6.92 Å². The van der Waals surface area contributed by atoms with Gasteiger partial charge >= 0.3 is 12.1 Å². The molecule has 1 aromatic carbocycles. The molecule has 0 unspecified atom stereocenters. The summed E-state index contributed by atoms with van der Waals surface area (Å²) < 4.78 is 59.1. The molecular formula is C20H21F4N3O3. The van der Waals surface area contributed by atoms with Gasteiger partial charge in [0, 0.05) is 38.4 Å². The number of anilines is 1. The van der Waals surface area contributed by atoms with E-state index >= 15 is 4.39 Å². The first kappa shape index (κ1) is 20.6. The predicted octanol–water partition coefficient (Wildman–Crippen LogP) is 3.33. The SMILES string of the molecule is CCN1CCN(c2c(F)cc3c(=O)c(C(=O)O)cn(C4CC4)c3c2C(F)(F)F)CC1. The van der Waals surface area contributed by atoms with Crippen molar-refractivity contribution in [3.05, 3.63) is 39.4 Å². The summed E-state index contributed by atoms with van der Waals surface area (Å²) in [6.45, 7) is 4.14. The molecule has 1 saturated heterocycles. The van der Waals surface area contributed by atoms with Gasteiger partial charge in [-0.05, 0) is 25.5 Å². The van der Waals surface area contributed by atoms with Crippen molar-refractivity contribution in [1.82, 2.24) is 9.47 Å². The van der Waals surface area contributed by atoms with Crippen LogP contribution in [0.25, 0.3) is 10.9 Å². The normalized spacial score (nSPS) is 18.2. The highest BCUT2D eigenvalue weighted by atomic mass is 19.4. The van der Waals surface area contributed by atoms with Crippen molar-refractivity contribution >= 4 is 22.6 Å². The van der Waals surface area contributed by atoms with Crippen molar-refractivity contribution < 1.29 is 27.5 Å². The summed E-state index contributed by atoms with van der Waals surface area (Å²) in [4.78, 5) is 27.5. The van der Waals surface area contributed by atoms with E-state index < -0.39 is 51.1 Å². The molecule has 2 heterocycles. The second-order valence-electron chi connectivity index (χ2n) is 7.71. The first-order valence-electron chi connectivity index (χ1n) is 9.82. The van der Waals surface area contributed by atoms with Gasteiger partial charge in [0.2, 0.25) is 5.43 Å². The maximum atomic E-state index is 15.1. The molecule has 0 spiro atoms. The second-order valence-corrected chi connectivity index (χ2v) is 7.71. The molecule has 30 heavy (non-hydrogen) atoms. The summed E-state index contributed by atoms with van der Waals surface area (Å²) in [5.41, 5.74) is -3.98. The molecule has 2 aromatic rings. The number of fused-ring (bicyclic) bond motifs is 1. The highest BCUT2D eigenvalue weighted by molar-refractivity contribution is 5.95. The zero-order valence-corrected chi connectivity index (χ0v) is 16.3. The Balaban J connectivity index is 2.03. The maximum Gasteiger partial charge on any atom is 0.420 e. The number of alkyl halides is 3. The van der Waals surface area contributed by atoms with Crippen molar-refractivity contribution in [2.75, 3.05) is 37.6 Å².